The lowest BCUT2D eigenvalue weighted by atomic mass is 10.9. The minimum Gasteiger partial charge on any atom is -0.399 e. The summed E-state index contributed by atoms with van der Waals surface area (Å²) in [5.74, 6) is 0. The Bertz CT molecular complexity index is 339. The summed E-state index contributed by atoms with van der Waals surface area (Å²) in [6.07, 6.45) is 1.74. The zero-order valence-electron chi connectivity index (χ0n) is 14.1. The second kappa shape index (κ2) is 7.70. The Labute approximate surface area is 131 Å². The van der Waals surface area contributed by atoms with Crippen LogP contribution in [0.5, 0.6) is 0 Å². The molecule has 1 aromatic heterocycles. The third-order valence-electron chi connectivity index (χ3n) is 5.44. The Morgan fingerprint density at radius 3 is 1.50 bits per heavy atom. The predicted octanol–water partition coefficient (Wildman–Crippen LogP) is 5.35. The Kier molecular flexibility index (Phi) is 6.87. The first-order chi connectivity index (χ1) is 9.59. The van der Waals surface area contributed by atoms with Crippen molar-refractivity contribution in [1.82, 2.24) is 9.36 Å². The van der Waals surface area contributed by atoms with Crippen molar-refractivity contribution in [3.05, 3.63) is 6.33 Å². The highest BCUT2D eigenvalue weighted by Crippen LogP contribution is 2.40. The van der Waals surface area contributed by atoms with Gasteiger partial charge in [-0.05, 0) is 36.3 Å². The molecule has 0 aliphatic heterocycles. The van der Waals surface area contributed by atoms with E-state index in [1.54, 1.807) is 17.9 Å². The molecule has 0 bridgehead atoms. The molecule has 1 rings (SSSR count). The van der Waals surface area contributed by atoms with Gasteiger partial charge < -0.3 is 4.23 Å². The fourth-order valence-corrected chi connectivity index (χ4v) is 18.1. The van der Waals surface area contributed by atoms with Crippen LogP contribution in [-0.2, 0) is 0 Å². The van der Waals surface area contributed by atoms with E-state index >= 15 is 0 Å². The average Bonchev–Trinajstić information content (AvgIpc) is 3.02. The summed E-state index contributed by atoms with van der Waals surface area (Å²) in [6.45, 7) is 14.4. The van der Waals surface area contributed by atoms with E-state index in [2.05, 4.69) is 55.1 Å². The van der Waals surface area contributed by atoms with E-state index in [0.29, 0.717) is 0 Å². The van der Waals surface area contributed by atoms with Gasteiger partial charge in [0.05, 0.1) is 0 Å². The van der Waals surface area contributed by atoms with Crippen molar-refractivity contribution >= 4 is 33.1 Å². The summed E-state index contributed by atoms with van der Waals surface area (Å²) in [4.78, 5) is 4.64. The molecule has 3 nitrogen and oxygen atoms in total. The molecule has 20 heavy (non-hydrogen) atoms. The van der Waals surface area contributed by atoms with Crippen molar-refractivity contribution in [3.63, 3.8) is 0 Å². The predicted molar refractivity (Wildman–Crippen MR) is 96.8 cm³/mol. The van der Waals surface area contributed by atoms with Crippen LogP contribution in [0.1, 0.15) is 41.5 Å². The summed E-state index contributed by atoms with van der Waals surface area (Å²) in [5, 5.41) is 1.22. The largest absolute Gasteiger partial charge is 0.399 e. The smallest absolute Gasteiger partial charge is 0.188 e. The maximum Gasteiger partial charge on any atom is 0.188 e. The van der Waals surface area contributed by atoms with Crippen LogP contribution < -0.4 is 4.23 Å². The van der Waals surface area contributed by atoms with Crippen LogP contribution in [0.15, 0.2) is 6.33 Å². The first kappa shape index (κ1) is 17.8. The van der Waals surface area contributed by atoms with Gasteiger partial charge in [-0.25, -0.2) is 4.98 Å². The molecule has 116 valence electrons. The average molecular weight is 330 g/mol. The Hall–Kier alpha value is -0.206. The molecule has 0 spiro atoms. The van der Waals surface area contributed by atoms with E-state index in [4.69, 9.17) is 0 Å². The number of hydrogen-bond acceptors (Lipinski definition) is 4. The first-order valence-corrected chi connectivity index (χ1v) is 14.1. The van der Waals surface area contributed by atoms with Crippen LogP contribution >= 0.6 is 11.5 Å². The fourth-order valence-electron chi connectivity index (χ4n) is 3.62. The van der Waals surface area contributed by atoms with E-state index in [1.165, 1.54) is 41.4 Å². The van der Waals surface area contributed by atoms with E-state index in [1.807, 2.05) is 0 Å². The highest BCUT2D eigenvalue weighted by atomic mass is 32.1. The molecular weight excluding hydrogens is 298 g/mol. The van der Waals surface area contributed by atoms with Crippen LogP contribution in [0.2, 0.25) is 36.3 Å². The second-order valence-corrected chi connectivity index (χ2v) is 16.9. The molecule has 0 saturated heterocycles. The molecule has 0 aliphatic rings. The molecule has 1 heterocycles. The van der Waals surface area contributed by atoms with Crippen LogP contribution in [0.3, 0.4) is 0 Å². The van der Waals surface area contributed by atoms with Gasteiger partial charge in [-0.2, -0.15) is 4.37 Å². The van der Waals surface area contributed by atoms with E-state index < -0.39 is 16.5 Å². The maximum absolute atomic E-state index is 4.64. The molecule has 0 aromatic carbocycles. The van der Waals surface area contributed by atoms with Gasteiger partial charge in [0.15, 0.2) is 5.13 Å². The standard InChI is InChI=1S/C14H31N3SSi2/c1-7-19(8-2,9-3)17(14-15-13-16-18-14)20(10-4,11-5)12-6/h13H,7-12H2,1-6H3. The summed E-state index contributed by atoms with van der Waals surface area (Å²) < 4.78 is 7.22. The van der Waals surface area contributed by atoms with Crippen molar-refractivity contribution in [1.29, 1.82) is 0 Å². The molecule has 0 radical (unpaired) electrons. The molecule has 0 N–H and O–H groups in total. The van der Waals surface area contributed by atoms with Gasteiger partial charge in [0, 0.05) is 11.5 Å². The molecule has 0 aliphatic carbocycles. The third kappa shape index (κ3) is 3.02. The molecular formula is C14H31N3SSi2. The van der Waals surface area contributed by atoms with Gasteiger partial charge >= 0.3 is 0 Å². The van der Waals surface area contributed by atoms with Gasteiger partial charge in [-0.3, -0.25) is 0 Å². The minimum atomic E-state index is -1.45. The van der Waals surface area contributed by atoms with Crippen molar-refractivity contribution in [2.45, 2.75) is 77.8 Å². The summed E-state index contributed by atoms with van der Waals surface area (Å²) in [5.41, 5.74) is 0. The Balaban J connectivity index is 3.42. The number of anilines is 1. The quantitative estimate of drug-likeness (QED) is 0.571. The zero-order chi connectivity index (χ0) is 15.2. The van der Waals surface area contributed by atoms with Crippen molar-refractivity contribution in [2.24, 2.45) is 0 Å². The Morgan fingerprint density at radius 1 is 0.850 bits per heavy atom. The van der Waals surface area contributed by atoms with Gasteiger partial charge in [0.2, 0.25) is 0 Å². The van der Waals surface area contributed by atoms with E-state index in [0.717, 1.165) is 0 Å². The van der Waals surface area contributed by atoms with E-state index in [9.17, 15) is 0 Å². The molecule has 6 heteroatoms. The fraction of sp³-hybridized carbons (Fsp3) is 0.857. The first-order valence-electron chi connectivity index (χ1n) is 8.16. The van der Waals surface area contributed by atoms with E-state index in [-0.39, 0.29) is 0 Å². The number of hydrogen-bond donors (Lipinski definition) is 0. The van der Waals surface area contributed by atoms with Crippen LogP contribution in [0.4, 0.5) is 5.13 Å². The van der Waals surface area contributed by atoms with Crippen LogP contribution in [-0.4, -0.2) is 25.8 Å². The van der Waals surface area contributed by atoms with Gasteiger partial charge in [0.25, 0.3) is 0 Å². The summed E-state index contributed by atoms with van der Waals surface area (Å²) in [6, 6.07) is 7.97. The molecule has 0 unspecified atom stereocenters. The summed E-state index contributed by atoms with van der Waals surface area (Å²) in [7, 11) is -2.89. The van der Waals surface area contributed by atoms with Crippen LogP contribution in [0.25, 0.3) is 0 Å². The molecule has 1 aromatic rings. The minimum absolute atomic E-state index is 1.22. The molecule has 0 fully saturated rings. The molecule has 0 atom stereocenters. The lowest BCUT2D eigenvalue weighted by Crippen LogP contribution is -2.66. The van der Waals surface area contributed by atoms with Crippen molar-refractivity contribution in [2.75, 3.05) is 4.23 Å². The molecule has 0 amide bonds. The van der Waals surface area contributed by atoms with Gasteiger partial charge in [0.1, 0.15) is 22.8 Å². The molecule has 0 saturated carbocycles. The topological polar surface area (TPSA) is 29.0 Å². The van der Waals surface area contributed by atoms with Crippen LogP contribution in [0, 0.1) is 0 Å². The Morgan fingerprint density at radius 2 is 1.25 bits per heavy atom. The summed E-state index contributed by atoms with van der Waals surface area (Å²) >= 11 is 1.61. The highest BCUT2D eigenvalue weighted by Gasteiger charge is 2.47. The van der Waals surface area contributed by atoms with Crippen molar-refractivity contribution in [3.8, 4) is 0 Å². The normalized spacial score (nSPS) is 12.7. The SMILES string of the molecule is CC[Si](CC)(CC)N(c1ncns1)[Si](CC)(CC)CC. The van der Waals surface area contributed by atoms with Gasteiger partial charge in [-0.15, -0.1) is 0 Å². The monoisotopic (exact) mass is 329 g/mol. The second-order valence-electron chi connectivity index (χ2n) is 5.63. The number of rotatable bonds is 9. The zero-order valence-corrected chi connectivity index (χ0v) is 16.9. The maximum atomic E-state index is 4.64. The lowest BCUT2D eigenvalue weighted by Gasteiger charge is -2.52. The van der Waals surface area contributed by atoms with Crippen molar-refractivity contribution < 1.29 is 0 Å². The van der Waals surface area contributed by atoms with Gasteiger partial charge in [-0.1, -0.05) is 41.5 Å². The number of nitrogens with zero attached hydrogens (tertiary/aromatic N) is 3. The lowest BCUT2D eigenvalue weighted by molar-refractivity contribution is 1.05. The number of aromatic nitrogens is 2. The third-order valence-corrected chi connectivity index (χ3v) is 19.5. The highest BCUT2D eigenvalue weighted by molar-refractivity contribution is 7.14.